The summed E-state index contributed by atoms with van der Waals surface area (Å²) in [6, 6.07) is 7.63. The monoisotopic (exact) mass is 345 g/mol. The summed E-state index contributed by atoms with van der Waals surface area (Å²) in [6.07, 6.45) is 4.87. The van der Waals surface area contributed by atoms with Crippen LogP contribution < -0.4 is 10.2 Å². The summed E-state index contributed by atoms with van der Waals surface area (Å²) in [4.78, 5) is 17.2. The van der Waals surface area contributed by atoms with Gasteiger partial charge in [-0.15, -0.1) is 0 Å². The van der Waals surface area contributed by atoms with Crippen molar-refractivity contribution >= 4 is 11.6 Å². The smallest absolute Gasteiger partial charge is 0.237 e. The highest BCUT2D eigenvalue weighted by Gasteiger charge is 2.29. The Hall–Kier alpha value is -1.75. The Morgan fingerprint density at radius 3 is 2.40 bits per heavy atom. The fraction of sp³-hybridized carbons (Fsp3) is 0.650. The number of phenolic OH excluding ortho intramolecular Hbond substituents is 1. The van der Waals surface area contributed by atoms with Crippen LogP contribution in [0.1, 0.15) is 39.5 Å². The van der Waals surface area contributed by atoms with Gasteiger partial charge in [0, 0.05) is 37.9 Å². The zero-order valence-corrected chi connectivity index (χ0v) is 15.4. The number of amides is 1. The summed E-state index contributed by atoms with van der Waals surface area (Å²) in [7, 11) is 0. The molecule has 138 valence electrons. The van der Waals surface area contributed by atoms with Crippen molar-refractivity contribution in [1.82, 2.24) is 10.2 Å². The minimum Gasteiger partial charge on any atom is -0.508 e. The van der Waals surface area contributed by atoms with Crippen LogP contribution in [0.5, 0.6) is 5.75 Å². The van der Waals surface area contributed by atoms with Gasteiger partial charge >= 0.3 is 0 Å². The Labute approximate surface area is 151 Å². The first-order chi connectivity index (χ1) is 12.0. The van der Waals surface area contributed by atoms with Gasteiger partial charge in [-0.1, -0.05) is 19.8 Å². The third-order valence-corrected chi connectivity index (χ3v) is 5.90. The maximum atomic E-state index is 12.7. The maximum Gasteiger partial charge on any atom is 0.237 e. The molecule has 0 spiro atoms. The molecular weight excluding hydrogens is 314 g/mol. The predicted octanol–water partition coefficient (Wildman–Crippen LogP) is 2.60. The molecule has 1 saturated heterocycles. The van der Waals surface area contributed by atoms with Crippen LogP contribution in [0.3, 0.4) is 0 Å². The van der Waals surface area contributed by atoms with E-state index in [1.54, 1.807) is 12.1 Å². The quantitative estimate of drug-likeness (QED) is 0.881. The lowest BCUT2D eigenvalue weighted by Gasteiger charge is -2.39. The van der Waals surface area contributed by atoms with Gasteiger partial charge in [0.25, 0.3) is 0 Å². The fourth-order valence-corrected chi connectivity index (χ4v) is 4.03. The molecule has 25 heavy (non-hydrogen) atoms. The molecule has 1 saturated carbocycles. The number of benzene rings is 1. The number of piperazine rings is 1. The van der Waals surface area contributed by atoms with E-state index < -0.39 is 0 Å². The molecule has 2 N–H and O–H groups in total. The summed E-state index contributed by atoms with van der Waals surface area (Å²) in [5.74, 6) is 1.07. The summed E-state index contributed by atoms with van der Waals surface area (Å²) >= 11 is 0. The molecule has 1 amide bonds. The fourth-order valence-electron chi connectivity index (χ4n) is 4.03. The first kappa shape index (κ1) is 18.1. The minimum absolute atomic E-state index is 0.0731. The number of aromatic hydroxyl groups is 1. The highest BCUT2D eigenvalue weighted by atomic mass is 16.3. The van der Waals surface area contributed by atoms with E-state index >= 15 is 0 Å². The summed E-state index contributed by atoms with van der Waals surface area (Å²) in [5.41, 5.74) is 1.13. The number of carbonyl (C=O) groups is 1. The van der Waals surface area contributed by atoms with Gasteiger partial charge in [-0.3, -0.25) is 9.69 Å². The van der Waals surface area contributed by atoms with E-state index in [0.717, 1.165) is 38.3 Å². The van der Waals surface area contributed by atoms with E-state index in [2.05, 4.69) is 22.0 Å². The van der Waals surface area contributed by atoms with Crippen molar-refractivity contribution in [3.05, 3.63) is 24.3 Å². The van der Waals surface area contributed by atoms with Crippen molar-refractivity contribution in [2.45, 2.75) is 51.6 Å². The van der Waals surface area contributed by atoms with Crippen LogP contribution >= 0.6 is 0 Å². The van der Waals surface area contributed by atoms with Crippen LogP contribution in [0.15, 0.2) is 24.3 Å². The van der Waals surface area contributed by atoms with Gasteiger partial charge in [0.05, 0.1) is 6.04 Å². The molecule has 0 bridgehead atoms. The highest BCUT2D eigenvalue weighted by Crippen LogP contribution is 2.24. The number of phenols is 1. The van der Waals surface area contributed by atoms with Crippen LogP contribution in [-0.4, -0.2) is 54.2 Å². The van der Waals surface area contributed by atoms with Crippen molar-refractivity contribution in [2.75, 3.05) is 31.1 Å². The number of hydrogen-bond acceptors (Lipinski definition) is 4. The third kappa shape index (κ3) is 4.46. The number of anilines is 1. The van der Waals surface area contributed by atoms with Crippen molar-refractivity contribution < 1.29 is 9.90 Å². The molecule has 5 nitrogen and oxygen atoms in total. The van der Waals surface area contributed by atoms with Gasteiger partial charge in [0.15, 0.2) is 0 Å². The molecule has 3 atom stereocenters. The number of carbonyl (C=O) groups excluding carboxylic acids is 1. The van der Waals surface area contributed by atoms with Crippen LogP contribution in [0, 0.1) is 5.92 Å². The topological polar surface area (TPSA) is 55.8 Å². The summed E-state index contributed by atoms with van der Waals surface area (Å²) in [6.45, 7) is 7.86. The lowest BCUT2D eigenvalue weighted by atomic mass is 9.86. The molecule has 1 aliphatic carbocycles. The number of rotatable bonds is 4. The molecule has 1 aromatic rings. The zero-order chi connectivity index (χ0) is 17.8. The Balaban J connectivity index is 1.49. The van der Waals surface area contributed by atoms with Crippen LogP contribution in [0.2, 0.25) is 0 Å². The van der Waals surface area contributed by atoms with Gasteiger partial charge in [0.1, 0.15) is 5.75 Å². The Kier molecular flexibility index (Phi) is 5.84. The van der Waals surface area contributed by atoms with Gasteiger partial charge < -0.3 is 15.3 Å². The standard InChI is InChI=1S/C20H31N3O2/c1-15-5-3-4-6-19(15)21-20(25)16(2)22-11-13-23(14-12-22)17-7-9-18(24)10-8-17/h7-10,15-16,19,24H,3-6,11-14H2,1-2H3,(H,21,25). The van der Waals surface area contributed by atoms with Gasteiger partial charge in [-0.2, -0.15) is 0 Å². The average Bonchev–Trinajstić information content (AvgIpc) is 2.64. The Morgan fingerprint density at radius 1 is 1.12 bits per heavy atom. The third-order valence-electron chi connectivity index (χ3n) is 5.90. The number of hydrogen-bond donors (Lipinski definition) is 2. The lowest BCUT2D eigenvalue weighted by Crippen LogP contribution is -2.55. The average molecular weight is 345 g/mol. The molecule has 2 aliphatic rings. The van der Waals surface area contributed by atoms with Crippen LogP contribution in [0.4, 0.5) is 5.69 Å². The number of nitrogens with one attached hydrogen (secondary N) is 1. The highest BCUT2D eigenvalue weighted by molar-refractivity contribution is 5.81. The van der Waals surface area contributed by atoms with Crippen LogP contribution in [-0.2, 0) is 4.79 Å². The molecule has 0 aromatic heterocycles. The van der Waals surface area contributed by atoms with E-state index in [1.165, 1.54) is 19.3 Å². The molecule has 0 radical (unpaired) electrons. The van der Waals surface area contributed by atoms with Crippen molar-refractivity contribution in [3.8, 4) is 5.75 Å². The molecule has 3 unspecified atom stereocenters. The van der Waals surface area contributed by atoms with Gasteiger partial charge in [0.2, 0.25) is 5.91 Å². The predicted molar refractivity (Wildman–Crippen MR) is 101 cm³/mol. The van der Waals surface area contributed by atoms with E-state index in [1.807, 2.05) is 19.1 Å². The Morgan fingerprint density at radius 2 is 1.76 bits per heavy atom. The number of nitrogens with zero attached hydrogens (tertiary/aromatic N) is 2. The Bertz CT molecular complexity index is 567. The van der Waals surface area contributed by atoms with Gasteiger partial charge in [-0.05, 0) is 49.9 Å². The first-order valence-corrected chi connectivity index (χ1v) is 9.63. The zero-order valence-electron chi connectivity index (χ0n) is 15.4. The molecule has 5 heteroatoms. The molecule has 3 rings (SSSR count). The first-order valence-electron chi connectivity index (χ1n) is 9.63. The van der Waals surface area contributed by atoms with E-state index in [9.17, 15) is 9.90 Å². The maximum absolute atomic E-state index is 12.7. The second kappa shape index (κ2) is 8.09. The molecule has 1 heterocycles. The van der Waals surface area contributed by atoms with Crippen molar-refractivity contribution in [2.24, 2.45) is 5.92 Å². The van der Waals surface area contributed by atoms with Gasteiger partial charge in [-0.25, -0.2) is 0 Å². The van der Waals surface area contributed by atoms with Crippen LogP contribution in [0.25, 0.3) is 0 Å². The van der Waals surface area contributed by atoms with E-state index in [4.69, 9.17) is 0 Å². The van der Waals surface area contributed by atoms with Crippen molar-refractivity contribution in [1.29, 1.82) is 0 Å². The largest absolute Gasteiger partial charge is 0.508 e. The van der Waals surface area contributed by atoms with Crippen molar-refractivity contribution in [3.63, 3.8) is 0 Å². The second-order valence-electron chi connectivity index (χ2n) is 7.59. The molecular formula is C20H31N3O2. The SMILES string of the molecule is CC1CCCCC1NC(=O)C(C)N1CCN(c2ccc(O)cc2)CC1. The summed E-state index contributed by atoms with van der Waals surface area (Å²) < 4.78 is 0. The minimum atomic E-state index is -0.0731. The summed E-state index contributed by atoms with van der Waals surface area (Å²) in [5, 5.41) is 12.7. The van der Waals surface area contributed by atoms with E-state index in [0.29, 0.717) is 17.7 Å². The molecule has 2 fully saturated rings. The lowest BCUT2D eigenvalue weighted by molar-refractivity contribution is -0.127. The van der Waals surface area contributed by atoms with E-state index in [-0.39, 0.29) is 11.9 Å². The molecule has 1 aromatic carbocycles. The normalized spacial score (nSPS) is 26.2. The molecule has 1 aliphatic heterocycles. The second-order valence-corrected chi connectivity index (χ2v) is 7.59.